The zero-order valence-corrected chi connectivity index (χ0v) is 12.6. The summed E-state index contributed by atoms with van der Waals surface area (Å²) in [4.78, 5) is 10.9. The lowest BCUT2D eigenvalue weighted by Crippen LogP contribution is -2.63. The molecule has 114 valence electrons. The first-order valence-corrected chi connectivity index (χ1v) is 7.66. The Labute approximate surface area is 124 Å². The van der Waals surface area contributed by atoms with Crippen molar-refractivity contribution in [2.45, 2.75) is 51.2 Å². The Balaban J connectivity index is 1.83. The molecule has 2 saturated carbocycles. The lowest BCUT2D eigenvalue weighted by Gasteiger charge is -2.53. The van der Waals surface area contributed by atoms with Crippen LogP contribution in [-0.2, 0) is 0 Å². The Kier molecular flexibility index (Phi) is 3.61. The molecule has 1 aromatic rings. The molecule has 0 aliphatic heterocycles. The van der Waals surface area contributed by atoms with Crippen molar-refractivity contribution in [1.82, 2.24) is 5.32 Å². The lowest BCUT2D eigenvalue weighted by atomic mass is 9.60. The van der Waals surface area contributed by atoms with E-state index in [1.807, 2.05) is 20.0 Å². The summed E-state index contributed by atoms with van der Waals surface area (Å²) in [5.74, 6) is 0.413. The van der Waals surface area contributed by atoms with Gasteiger partial charge in [-0.15, -0.1) is 0 Å². The summed E-state index contributed by atoms with van der Waals surface area (Å²) in [5.41, 5.74) is 1.13. The molecule has 2 aliphatic rings. The number of hydrogen-bond acceptors (Lipinski definition) is 4. The number of nitro groups is 1. The van der Waals surface area contributed by atoms with Gasteiger partial charge in [0.2, 0.25) is 0 Å². The molecular weight excluding hydrogens is 268 g/mol. The van der Waals surface area contributed by atoms with E-state index in [2.05, 4.69) is 5.32 Å². The summed E-state index contributed by atoms with van der Waals surface area (Å²) in [5, 5.41) is 14.6. The van der Waals surface area contributed by atoms with E-state index in [0.717, 1.165) is 24.8 Å². The third-order valence-electron chi connectivity index (χ3n) is 5.25. The fourth-order valence-corrected chi connectivity index (χ4v) is 4.04. The number of rotatable bonds is 4. The first kappa shape index (κ1) is 14.3. The molecule has 3 rings (SSSR count). The lowest BCUT2D eigenvalue weighted by molar-refractivity contribution is -0.386. The summed E-state index contributed by atoms with van der Waals surface area (Å²) in [6.45, 7) is 1.86. The van der Waals surface area contributed by atoms with Gasteiger partial charge in [-0.25, -0.2) is 0 Å². The second-order valence-electron chi connectivity index (χ2n) is 6.35. The Hall–Kier alpha value is -1.62. The third-order valence-corrected chi connectivity index (χ3v) is 5.25. The van der Waals surface area contributed by atoms with Crippen molar-refractivity contribution in [1.29, 1.82) is 0 Å². The van der Waals surface area contributed by atoms with Gasteiger partial charge in [-0.2, -0.15) is 0 Å². The largest absolute Gasteiger partial charge is 0.483 e. The number of nitro benzene ring substituents is 1. The molecule has 1 N–H and O–H groups in total. The smallest absolute Gasteiger partial charge is 0.311 e. The average molecular weight is 290 g/mol. The fourth-order valence-electron chi connectivity index (χ4n) is 4.04. The highest BCUT2D eigenvalue weighted by atomic mass is 16.6. The van der Waals surface area contributed by atoms with Crippen LogP contribution in [0.25, 0.3) is 0 Å². The minimum Gasteiger partial charge on any atom is -0.483 e. The molecule has 0 saturated heterocycles. The van der Waals surface area contributed by atoms with Gasteiger partial charge in [0, 0.05) is 23.9 Å². The molecule has 5 heteroatoms. The molecule has 2 fully saturated rings. The number of nitrogens with zero attached hydrogens (tertiary/aromatic N) is 1. The Morgan fingerprint density at radius 2 is 2.10 bits per heavy atom. The van der Waals surface area contributed by atoms with Crippen LogP contribution in [0.3, 0.4) is 0 Å². The minimum absolute atomic E-state index is 0.0797. The number of ether oxygens (including phenoxy) is 1. The molecule has 0 bridgehead atoms. The first-order chi connectivity index (χ1) is 10.1. The fraction of sp³-hybridized carbons (Fsp3) is 0.625. The molecular formula is C16H22N2O3. The zero-order valence-electron chi connectivity index (χ0n) is 12.6. The predicted octanol–water partition coefficient (Wildman–Crippen LogP) is 3.20. The SMILES string of the molecule is CNC1CC(Oc2ccc(C)cc2[N+](=O)[O-])C12CCCC2. The van der Waals surface area contributed by atoms with Crippen LogP contribution < -0.4 is 10.1 Å². The van der Waals surface area contributed by atoms with E-state index in [0.29, 0.717) is 11.8 Å². The number of aryl methyl sites for hydroxylation is 1. The second kappa shape index (κ2) is 5.30. The van der Waals surface area contributed by atoms with Crippen LogP contribution in [0, 0.1) is 22.5 Å². The molecule has 0 amide bonds. The monoisotopic (exact) mass is 290 g/mol. The maximum absolute atomic E-state index is 11.2. The minimum atomic E-state index is -0.349. The maximum Gasteiger partial charge on any atom is 0.311 e. The third kappa shape index (κ3) is 2.29. The molecule has 2 aliphatic carbocycles. The molecule has 0 radical (unpaired) electrons. The topological polar surface area (TPSA) is 64.4 Å². The van der Waals surface area contributed by atoms with Crippen molar-refractivity contribution in [3.8, 4) is 5.75 Å². The van der Waals surface area contributed by atoms with E-state index in [1.54, 1.807) is 12.1 Å². The summed E-state index contributed by atoms with van der Waals surface area (Å²) < 4.78 is 6.09. The van der Waals surface area contributed by atoms with Crippen molar-refractivity contribution in [3.63, 3.8) is 0 Å². The average Bonchev–Trinajstić information content (AvgIpc) is 2.96. The van der Waals surface area contributed by atoms with Crippen LogP contribution >= 0.6 is 0 Å². The van der Waals surface area contributed by atoms with Gasteiger partial charge < -0.3 is 10.1 Å². The van der Waals surface area contributed by atoms with Gasteiger partial charge in [-0.05, 0) is 38.4 Å². The molecule has 1 aromatic carbocycles. The Bertz CT molecular complexity index is 552. The van der Waals surface area contributed by atoms with Gasteiger partial charge in [0.25, 0.3) is 0 Å². The van der Waals surface area contributed by atoms with Gasteiger partial charge in [0.1, 0.15) is 6.10 Å². The van der Waals surface area contributed by atoms with Crippen molar-refractivity contribution in [2.24, 2.45) is 5.41 Å². The van der Waals surface area contributed by atoms with Crippen LogP contribution in [0.4, 0.5) is 5.69 Å². The van der Waals surface area contributed by atoms with E-state index in [1.165, 1.54) is 12.8 Å². The van der Waals surface area contributed by atoms with Crippen LogP contribution in [0.15, 0.2) is 18.2 Å². The predicted molar refractivity (Wildman–Crippen MR) is 80.6 cm³/mol. The van der Waals surface area contributed by atoms with E-state index in [4.69, 9.17) is 4.74 Å². The molecule has 21 heavy (non-hydrogen) atoms. The van der Waals surface area contributed by atoms with Crippen LogP contribution in [0.5, 0.6) is 5.75 Å². The molecule has 0 heterocycles. The summed E-state index contributed by atoms with van der Waals surface area (Å²) in [6.07, 6.45) is 5.80. The van der Waals surface area contributed by atoms with E-state index < -0.39 is 0 Å². The van der Waals surface area contributed by atoms with Crippen LogP contribution in [-0.4, -0.2) is 24.1 Å². The maximum atomic E-state index is 11.2. The summed E-state index contributed by atoms with van der Waals surface area (Å²) in [7, 11) is 2.00. The van der Waals surface area contributed by atoms with Gasteiger partial charge in [0.05, 0.1) is 4.92 Å². The van der Waals surface area contributed by atoms with Gasteiger partial charge in [-0.1, -0.05) is 18.9 Å². The van der Waals surface area contributed by atoms with E-state index in [9.17, 15) is 10.1 Å². The summed E-state index contributed by atoms with van der Waals surface area (Å²) in [6, 6.07) is 5.68. The van der Waals surface area contributed by atoms with Gasteiger partial charge >= 0.3 is 5.69 Å². The van der Waals surface area contributed by atoms with Gasteiger partial charge in [0.15, 0.2) is 5.75 Å². The standard InChI is InChI=1S/C16H22N2O3/c1-11-5-6-13(12(9-11)18(19)20)21-15-10-14(17-2)16(15)7-3-4-8-16/h5-6,9,14-15,17H,3-4,7-8,10H2,1-2H3. The molecule has 1 spiro atoms. The Morgan fingerprint density at radius 3 is 2.71 bits per heavy atom. The Morgan fingerprint density at radius 1 is 1.38 bits per heavy atom. The van der Waals surface area contributed by atoms with E-state index >= 15 is 0 Å². The quantitative estimate of drug-likeness (QED) is 0.683. The normalized spacial score (nSPS) is 26.6. The molecule has 2 unspecified atom stereocenters. The van der Waals surface area contributed by atoms with Crippen molar-refractivity contribution < 1.29 is 9.66 Å². The van der Waals surface area contributed by atoms with Crippen LogP contribution in [0.1, 0.15) is 37.7 Å². The zero-order chi connectivity index (χ0) is 15.0. The van der Waals surface area contributed by atoms with Crippen molar-refractivity contribution in [2.75, 3.05) is 7.05 Å². The first-order valence-electron chi connectivity index (χ1n) is 7.66. The number of benzene rings is 1. The van der Waals surface area contributed by atoms with E-state index in [-0.39, 0.29) is 22.1 Å². The number of nitrogens with one attached hydrogen (secondary N) is 1. The second-order valence-corrected chi connectivity index (χ2v) is 6.35. The molecule has 0 aromatic heterocycles. The van der Waals surface area contributed by atoms with Crippen molar-refractivity contribution in [3.05, 3.63) is 33.9 Å². The highest BCUT2D eigenvalue weighted by Crippen LogP contribution is 2.55. The summed E-state index contributed by atoms with van der Waals surface area (Å²) >= 11 is 0. The molecule has 2 atom stereocenters. The van der Waals surface area contributed by atoms with Gasteiger partial charge in [-0.3, -0.25) is 10.1 Å². The highest BCUT2D eigenvalue weighted by molar-refractivity contribution is 5.48. The van der Waals surface area contributed by atoms with Crippen molar-refractivity contribution >= 4 is 5.69 Å². The van der Waals surface area contributed by atoms with Crippen LogP contribution in [0.2, 0.25) is 0 Å². The molecule has 5 nitrogen and oxygen atoms in total. The number of hydrogen-bond donors (Lipinski definition) is 1. The highest BCUT2D eigenvalue weighted by Gasteiger charge is 2.57.